The Bertz CT molecular complexity index is 187. The van der Waals surface area contributed by atoms with Crippen molar-refractivity contribution in [2.75, 3.05) is 12.8 Å². The van der Waals surface area contributed by atoms with Crippen molar-refractivity contribution >= 4 is 10.0 Å². The summed E-state index contributed by atoms with van der Waals surface area (Å²) < 4.78 is 23.6. The van der Waals surface area contributed by atoms with E-state index < -0.39 is 10.0 Å². The highest BCUT2D eigenvalue weighted by Crippen LogP contribution is 2.04. The van der Waals surface area contributed by atoms with E-state index in [9.17, 15) is 8.42 Å². The number of hydrogen-bond acceptors (Lipinski definition) is 2. The maximum atomic E-state index is 10.6. The zero-order valence-corrected chi connectivity index (χ0v) is 8.24. The van der Waals surface area contributed by atoms with Gasteiger partial charge < -0.3 is 0 Å². The van der Waals surface area contributed by atoms with Gasteiger partial charge in [-0.3, -0.25) is 0 Å². The van der Waals surface area contributed by atoms with Crippen LogP contribution in [0.1, 0.15) is 26.7 Å². The molecule has 3 nitrogen and oxygen atoms in total. The fourth-order valence-electron chi connectivity index (χ4n) is 0.695. The molecule has 0 aliphatic carbocycles. The molecular formula is C7H17NO2S. The van der Waals surface area contributed by atoms with E-state index in [0.717, 1.165) is 12.8 Å². The van der Waals surface area contributed by atoms with Crippen LogP contribution < -0.4 is 4.72 Å². The average molecular weight is 179 g/mol. The molecule has 0 aliphatic heterocycles. The fourth-order valence-corrected chi connectivity index (χ4v) is 1.18. The molecule has 0 radical (unpaired) electrons. The molecule has 68 valence electrons. The van der Waals surface area contributed by atoms with Gasteiger partial charge in [-0.15, -0.1) is 0 Å². The first-order valence-electron chi connectivity index (χ1n) is 3.90. The van der Waals surface area contributed by atoms with E-state index in [-0.39, 0.29) is 0 Å². The molecule has 0 aromatic carbocycles. The molecule has 0 fully saturated rings. The molecule has 0 heterocycles. The van der Waals surface area contributed by atoms with Crippen LogP contribution in [0.3, 0.4) is 0 Å². The lowest BCUT2D eigenvalue weighted by molar-refractivity contribution is 0.507. The van der Waals surface area contributed by atoms with Crippen LogP contribution in [-0.2, 0) is 10.0 Å². The maximum absolute atomic E-state index is 10.6. The third-order valence-corrected chi connectivity index (χ3v) is 2.43. The second kappa shape index (κ2) is 4.72. The van der Waals surface area contributed by atoms with Gasteiger partial charge in [-0.2, -0.15) is 0 Å². The molecule has 0 rings (SSSR count). The van der Waals surface area contributed by atoms with Gasteiger partial charge in [0, 0.05) is 6.54 Å². The van der Waals surface area contributed by atoms with Crippen molar-refractivity contribution in [2.45, 2.75) is 26.7 Å². The largest absolute Gasteiger partial charge is 0.215 e. The van der Waals surface area contributed by atoms with Crippen molar-refractivity contribution in [1.82, 2.24) is 4.72 Å². The van der Waals surface area contributed by atoms with Crippen LogP contribution in [0.25, 0.3) is 0 Å². The number of hydrogen-bond donors (Lipinski definition) is 1. The molecule has 1 unspecified atom stereocenters. The first-order valence-corrected chi connectivity index (χ1v) is 5.79. The zero-order chi connectivity index (χ0) is 8.91. The average Bonchev–Trinajstić information content (AvgIpc) is 1.85. The van der Waals surface area contributed by atoms with E-state index in [1.165, 1.54) is 6.26 Å². The molecule has 1 atom stereocenters. The molecule has 0 bridgehead atoms. The van der Waals surface area contributed by atoms with Crippen LogP contribution in [0.15, 0.2) is 0 Å². The molecule has 0 amide bonds. The predicted octanol–water partition coefficient (Wildman–Crippen LogP) is 0.972. The van der Waals surface area contributed by atoms with Gasteiger partial charge >= 0.3 is 0 Å². The monoisotopic (exact) mass is 179 g/mol. The summed E-state index contributed by atoms with van der Waals surface area (Å²) in [5, 5.41) is 0. The smallest absolute Gasteiger partial charge is 0.208 e. The Morgan fingerprint density at radius 2 is 2.00 bits per heavy atom. The number of sulfonamides is 1. The van der Waals surface area contributed by atoms with Gasteiger partial charge in [0.15, 0.2) is 0 Å². The van der Waals surface area contributed by atoms with Crippen LogP contribution in [0.4, 0.5) is 0 Å². The van der Waals surface area contributed by atoms with E-state index in [1.807, 2.05) is 0 Å². The summed E-state index contributed by atoms with van der Waals surface area (Å²) in [6, 6.07) is 0. The zero-order valence-electron chi connectivity index (χ0n) is 7.42. The molecule has 0 aromatic rings. The van der Waals surface area contributed by atoms with Crippen molar-refractivity contribution < 1.29 is 8.42 Å². The van der Waals surface area contributed by atoms with Gasteiger partial charge in [0.1, 0.15) is 0 Å². The van der Waals surface area contributed by atoms with E-state index >= 15 is 0 Å². The molecule has 1 N–H and O–H groups in total. The Labute approximate surface area is 69.2 Å². The van der Waals surface area contributed by atoms with Crippen molar-refractivity contribution in [3.05, 3.63) is 0 Å². The first-order chi connectivity index (χ1) is 4.95. The summed E-state index contributed by atoms with van der Waals surface area (Å²) in [6.45, 7) is 4.78. The number of rotatable bonds is 5. The molecular weight excluding hydrogens is 162 g/mol. The molecule has 0 aromatic heterocycles. The van der Waals surface area contributed by atoms with E-state index in [1.54, 1.807) is 0 Å². The van der Waals surface area contributed by atoms with Gasteiger partial charge in [-0.1, -0.05) is 20.3 Å². The summed E-state index contributed by atoms with van der Waals surface area (Å²) in [6.07, 6.45) is 3.21. The Balaban J connectivity index is 3.43. The van der Waals surface area contributed by atoms with Crippen molar-refractivity contribution in [3.8, 4) is 0 Å². The van der Waals surface area contributed by atoms with Crippen LogP contribution in [0, 0.1) is 5.92 Å². The van der Waals surface area contributed by atoms with Crippen molar-refractivity contribution in [2.24, 2.45) is 5.92 Å². The van der Waals surface area contributed by atoms with Crippen LogP contribution in [0.2, 0.25) is 0 Å². The standard InChI is InChI=1S/C7H17NO2S/c1-4-7(2)5-6-8-11(3,9)10/h7-8H,4-6H2,1-3H3. The highest BCUT2D eigenvalue weighted by molar-refractivity contribution is 7.88. The minimum absolute atomic E-state index is 0.563. The van der Waals surface area contributed by atoms with Crippen LogP contribution in [0.5, 0.6) is 0 Å². The van der Waals surface area contributed by atoms with Gasteiger partial charge in [0.05, 0.1) is 6.26 Å². The normalized spacial score (nSPS) is 14.8. The molecule has 0 saturated carbocycles. The molecule has 11 heavy (non-hydrogen) atoms. The van der Waals surface area contributed by atoms with E-state index in [0.29, 0.717) is 12.5 Å². The summed E-state index contributed by atoms with van der Waals surface area (Å²) in [7, 11) is -2.98. The van der Waals surface area contributed by atoms with Crippen LogP contribution >= 0.6 is 0 Å². The summed E-state index contributed by atoms with van der Waals surface area (Å²) in [5.74, 6) is 0.601. The lowest BCUT2D eigenvalue weighted by atomic mass is 10.1. The third-order valence-electron chi connectivity index (χ3n) is 1.70. The van der Waals surface area contributed by atoms with Gasteiger partial charge in [0.25, 0.3) is 0 Å². The SMILES string of the molecule is CCC(C)CCNS(C)(=O)=O. The van der Waals surface area contributed by atoms with Crippen molar-refractivity contribution in [3.63, 3.8) is 0 Å². The molecule has 0 aliphatic rings. The van der Waals surface area contributed by atoms with Gasteiger partial charge in [-0.25, -0.2) is 13.1 Å². The molecule has 0 saturated heterocycles. The highest BCUT2D eigenvalue weighted by Gasteiger charge is 2.01. The second-order valence-corrected chi connectivity index (χ2v) is 4.80. The quantitative estimate of drug-likeness (QED) is 0.683. The molecule has 4 heteroatoms. The summed E-state index contributed by atoms with van der Waals surface area (Å²) in [4.78, 5) is 0. The fraction of sp³-hybridized carbons (Fsp3) is 1.00. The van der Waals surface area contributed by atoms with E-state index in [2.05, 4.69) is 18.6 Å². The Morgan fingerprint density at radius 1 is 1.45 bits per heavy atom. The Kier molecular flexibility index (Phi) is 4.68. The topological polar surface area (TPSA) is 46.2 Å². The lowest BCUT2D eigenvalue weighted by Gasteiger charge is -2.07. The predicted molar refractivity (Wildman–Crippen MR) is 46.9 cm³/mol. The first kappa shape index (κ1) is 10.9. The Morgan fingerprint density at radius 3 is 2.36 bits per heavy atom. The van der Waals surface area contributed by atoms with Gasteiger partial charge in [0.2, 0.25) is 10.0 Å². The van der Waals surface area contributed by atoms with Crippen LogP contribution in [-0.4, -0.2) is 21.2 Å². The number of nitrogens with one attached hydrogen (secondary N) is 1. The minimum atomic E-state index is -2.98. The maximum Gasteiger partial charge on any atom is 0.208 e. The highest BCUT2D eigenvalue weighted by atomic mass is 32.2. The third kappa shape index (κ3) is 7.81. The summed E-state index contributed by atoms with van der Waals surface area (Å²) >= 11 is 0. The summed E-state index contributed by atoms with van der Waals surface area (Å²) in [5.41, 5.74) is 0. The lowest BCUT2D eigenvalue weighted by Crippen LogP contribution is -2.24. The minimum Gasteiger partial charge on any atom is -0.215 e. The van der Waals surface area contributed by atoms with Gasteiger partial charge in [-0.05, 0) is 12.3 Å². The molecule has 0 spiro atoms. The van der Waals surface area contributed by atoms with Crippen molar-refractivity contribution in [1.29, 1.82) is 0 Å². The van der Waals surface area contributed by atoms with E-state index in [4.69, 9.17) is 0 Å². The Hall–Kier alpha value is -0.0900. The second-order valence-electron chi connectivity index (χ2n) is 2.97.